The topological polar surface area (TPSA) is 33.1 Å². The van der Waals surface area contributed by atoms with Gasteiger partial charge in [0.25, 0.3) is 0 Å². The van der Waals surface area contributed by atoms with E-state index < -0.39 is 6.10 Å². The number of rotatable bonds is 2. The molecule has 1 heterocycles. The van der Waals surface area contributed by atoms with Crippen LogP contribution in [0.15, 0.2) is 30.5 Å². The number of benzene rings is 1. The summed E-state index contributed by atoms with van der Waals surface area (Å²) in [5, 5.41) is 10.7. The Kier molecular flexibility index (Phi) is 3.05. The Morgan fingerprint density at radius 2 is 2.13 bits per heavy atom. The summed E-state index contributed by atoms with van der Waals surface area (Å²) < 4.78 is 0.595. The standard InChI is InChI=1S/C11H10ClNOS/c1-7-4-2-3-5-8(7)10(14)11-13-6-9(12)15-11/h2-6,10,14H,1H3. The lowest BCUT2D eigenvalue weighted by molar-refractivity contribution is 0.219. The lowest BCUT2D eigenvalue weighted by Crippen LogP contribution is -2.00. The van der Waals surface area contributed by atoms with Gasteiger partial charge in [0, 0.05) is 0 Å². The van der Waals surface area contributed by atoms with Gasteiger partial charge in [-0.1, -0.05) is 35.9 Å². The fraction of sp³-hybridized carbons (Fsp3) is 0.182. The lowest BCUT2D eigenvalue weighted by Gasteiger charge is -2.10. The molecule has 0 bridgehead atoms. The normalized spacial score (nSPS) is 12.7. The number of halogens is 1. The zero-order valence-electron chi connectivity index (χ0n) is 8.14. The van der Waals surface area contributed by atoms with Crippen molar-refractivity contribution < 1.29 is 5.11 Å². The largest absolute Gasteiger partial charge is 0.381 e. The van der Waals surface area contributed by atoms with Crippen molar-refractivity contribution in [3.8, 4) is 0 Å². The third kappa shape index (κ3) is 2.20. The molecule has 2 aromatic rings. The van der Waals surface area contributed by atoms with E-state index in [-0.39, 0.29) is 0 Å². The molecule has 78 valence electrons. The van der Waals surface area contributed by atoms with Crippen molar-refractivity contribution in [3.63, 3.8) is 0 Å². The monoisotopic (exact) mass is 239 g/mol. The zero-order chi connectivity index (χ0) is 10.8. The molecule has 1 atom stereocenters. The Bertz CT molecular complexity index is 469. The molecule has 0 amide bonds. The summed E-state index contributed by atoms with van der Waals surface area (Å²) in [4.78, 5) is 4.07. The summed E-state index contributed by atoms with van der Waals surface area (Å²) in [5.74, 6) is 0. The first-order valence-electron chi connectivity index (χ1n) is 4.53. The van der Waals surface area contributed by atoms with Crippen LogP contribution in [0.1, 0.15) is 22.2 Å². The van der Waals surface area contributed by atoms with Gasteiger partial charge >= 0.3 is 0 Å². The number of aryl methyl sites for hydroxylation is 1. The number of nitrogens with zero attached hydrogens (tertiary/aromatic N) is 1. The van der Waals surface area contributed by atoms with Crippen LogP contribution in [0, 0.1) is 6.92 Å². The van der Waals surface area contributed by atoms with Gasteiger partial charge in [0.15, 0.2) is 0 Å². The molecule has 0 fully saturated rings. The van der Waals surface area contributed by atoms with Crippen molar-refractivity contribution in [1.82, 2.24) is 4.98 Å². The van der Waals surface area contributed by atoms with Crippen molar-refractivity contribution >= 4 is 22.9 Å². The second kappa shape index (κ2) is 4.31. The van der Waals surface area contributed by atoms with Gasteiger partial charge in [-0.05, 0) is 18.1 Å². The minimum Gasteiger partial charge on any atom is -0.381 e. The van der Waals surface area contributed by atoms with Gasteiger partial charge in [-0.2, -0.15) is 0 Å². The Morgan fingerprint density at radius 1 is 1.40 bits per heavy atom. The molecule has 1 aromatic heterocycles. The van der Waals surface area contributed by atoms with E-state index in [1.165, 1.54) is 11.3 Å². The van der Waals surface area contributed by atoms with E-state index in [9.17, 15) is 5.11 Å². The van der Waals surface area contributed by atoms with Crippen molar-refractivity contribution in [2.75, 3.05) is 0 Å². The molecule has 1 N–H and O–H groups in total. The van der Waals surface area contributed by atoms with E-state index in [4.69, 9.17) is 11.6 Å². The molecule has 0 saturated carbocycles. The van der Waals surface area contributed by atoms with Gasteiger partial charge in [-0.25, -0.2) is 4.98 Å². The van der Waals surface area contributed by atoms with Crippen LogP contribution in [-0.2, 0) is 0 Å². The molecule has 0 aliphatic heterocycles. The average Bonchev–Trinajstić information content (AvgIpc) is 2.65. The second-order valence-corrected chi connectivity index (χ2v) is 4.96. The van der Waals surface area contributed by atoms with Crippen LogP contribution in [0.5, 0.6) is 0 Å². The molecule has 0 spiro atoms. The molecule has 4 heteroatoms. The van der Waals surface area contributed by atoms with E-state index in [0.29, 0.717) is 9.34 Å². The van der Waals surface area contributed by atoms with Crippen LogP contribution in [-0.4, -0.2) is 10.1 Å². The highest BCUT2D eigenvalue weighted by molar-refractivity contribution is 7.15. The molecule has 2 nitrogen and oxygen atoms in total. The molecule has 0 aliphatic carbocycles. The number of hydrogen-bond acceptors (Lipinski definition) is 3. The third-order valence-corrected chi connectivity index (χ3v) is 3.38. The smallest absolute Gasteiger partial charge is 0.131 e. The molecule has 1 unspecified atom stereocenters. The maximum Gasteiger partial charge on any atom is 0.131 e. The summed E-state index contributed by atoms with van der Waals surface area (Å²) in [5.41, 5.74) is 1.93. The van der Waals surface area contributed by atoms with Crippen LogP contribution in [0.4, 0.5) is 0 Å². The van der Waals surface area contributed by atoms with E-state index in [2.05, 4.69) is 4.98 Å². The molecule has 0 saturated heterocycles. The predicted molar refractivity (Wildman–Crippen MR) is 62.4 cm³/mol. The van der Waals surface area contributed by atoms with Crippen molar-refractivity contribution in [3.05, 3.63) is 50.9 Å². The molecule has 0 aliphatic rings. The molecule has 1 aromatic carbocycles. The van der Waals surface area contributed by atoms with E-state index in [1.807, 2.05) is 31.2 Å². The summed E-state index contributed by atoms with van der Waals surface area (Å²) in [6.07, 6.45) is 0.881. The first-order valence-corrected chi connectivity index (χ1v) is 5.73. The second-order valence-electron chi connectivity index (χ2n) is 3.26. The third-order valence-electron chi connectivity index (χ3n) is 2.21. The average molecular weight is 240 g/mol. The quantitative estimate of drug-likeness (QED) is 0.873. The molecular formula is C11H10ClNOS. The van der Waals surface area contributed by atoms with E-state index in [0.717, 1.165) is 11.1 Å². The predicted octanol–water partition coefficient (Wildman–Crippen LogP) is 3.19. The minimum atomic E-state index is -0.677. The number of hydrogen-bond donors (Lipinski definition) is 1. The minimum absolute atomic E-state index is 0.595. The van der Waals surface area contributed by atoms with Gasteiger partial charge in [-0.15, -0.1) is 11.3 Å². The van der Waals surface area contributed by atoms with E-state index in [1.54, 1.807) is 6.20 Å². The fourth-order valence-electron chi connectivity index (χ4n) is 1.42. The zero-order valence-corrected chi connectivity index (χ0v) is 9.72. The number of aliphatic hydroxyl groups excluding tert-OH is 1. The SMILES string of the molecule is Cc1ccccc1C(O)c1ncc(Cl)s1. The first-order chi connectivity index (χ1) is 7.18. The maximum atomic E-state index is 10.1. The number of aliphatic hydroxyl groups is 1. The Hall–Kier alpha value is -0.900. The van der Waals surface area contributed by atoms with Gasteiger partial charge < -0.3 is 5.11 Å². The maximum absolute atomic E-state index is 10.1. The summed E-state index contributed by atoms with van der Waals surface area (Å²) in [6, 6.07) is 7.71. The highest BCUT2D eigenvalue weighted by Crippen LogP contribution is 2.29. The van der Waals surface area contributed by atoms with Crippen LogP contribution >= 0.6 is 22.9 Å². The highest BCUT2D eigenvalue weighted by Gasteiger charge is 2.15. The fourth-order valence-corrected chi connectivity index (χ4v) is 2.36. The van der Waals surface area contributed by atoms with Crippen molar-refractivity contribution in [1.29, 1.82) is 0 Å². The molecule has 2 rings (SSSR count). The van der Waals surface area contributed by atoms with Crippen LogP contribution < -0.4 is 0 Å². The van der Waals surface area contributed by atoms with Gasteiger partial charge in [-0.3, -0.25) is 0 Å². The summed E-state index contributed by atoms with van der Waals surface area (Å²) >= 11 is 7.08. The van der Waals surface area contributed by atoms with Crippen LogP contribution in [0.2, 0.25) is 4.34 Å². The lowest BCUT2D eigenvalue weighted by atomic mass is 10.0. The van der Waals surface area contributed by atoms with Crippen LogP contribution in [0.25, 0.3) is 0 Å². The number of thiazole rings is 1. The number of aromatic nitrogens is 1. The van der Waals surface area contributed by atoms with Gasteiger partial charge in [0.1, 0.15) is 15.4 Å². The van der Waals surface area contributed by atoms with E-state index >= 15 is 0 Å². The van der Waals surface area contributed by atoms with Crippen LogP contribution in [0.3, 0.4) is 0 Å². The van der Waals surface area contributed by atoms with Gasteiger partial charge in [0.2, 0.25) is 0 Å². The van der Waals surface area contributed by atoms with Gasteiger partial charge in [0.05, 0.1) is 6.20 Å². The summed E-state index contributed by atoms with van der Waals surface area (Å²) in [6.45, 7) is 1.97. The van der Waals surface area contributed by atoms with Crippen molar-refractivity contribution in [2.45, 2.75) is 13.0 Å². The molecular weight excluding hydrogens is 230 g/mol. The Balaban J connectivity index is 2.36. The van der Waals surface area contributed by atoms with Crippen molar-refractivity contribution in [2.24, 2.45) is 0 Å². The Labute approximate surface area is 97.2 Å². The summed E-state index contributed by atoms with van der Waals surface area (Å²) in [7, 11) is 0. The molecule has 0 radical (unpaired) electrons. The molecule has 15 heavy (non-hydrogen) atoms. The highest BCUT2D eigenvalue weighted by atomic mass is 35.5. The Morgan fingerprint density at radius 3 is 2.73 bits per heavy atom. The first kappa shape index (κ1) is 10.6.